The molecule has 6 heteroatoms. The number of phenolic OH excluding ortho intramolecular Hbond substituents is 1. The summed E-state index contributed by atoms with van der Waals surface area (Å²) in [4.78, 5) is 13.5. The number of nitrogens with one attached hydrogen (secondary N) is 1. The number of halogens is 1. The summed E-state index contributed by atoms with van der Waals surface area (Å²) < 4.78 is 6.03. The Bertz CT molecular complexity index is 529. The first-order valence-electron chi connectivity index (χ1n) is 7.70. The standard InChI is InChI=1S/C17H27BrN2O3/c1-12(11-20(5)16(22)23-17(2,3)4)9-19-10-13-6-7-15(21)14(18)8-13/h6-8,12,19,21H,9-11H2,1-5H3. The van der Waals surface area contributed by atoms with Crippen molar-refractivity contribution in [2.45, 2.75) is 39.8 Å². The molecule has 1 rings (SSSR count). The van der Waals surface area contributed by atoms with Gasteiger partial charge in [-0.2, -0.15) is 0 Å². The normalized spacial score (nSPS) is 12.8. The minimum absolute atomic E-state index is 0.237. The first-order valence-corrected chi connectivity index (χ1v) is 8.50. The fraction of sp³-hybridized carbons (Fsp3) is 0.588. The van der Waals surface area contributed by atoms with Gasteiger partial charge in [0, 0.05) is 20.1 Å². The quantitative estimate of drug-likeness (QED) is 0.781. The van der Waals surface area contributed by atoms with Crippen LogP contribution in [-0.2, 0) is 11.3 Å². The second-order valence-electron chi connectivity index (χ2n) is 6.88. The zero-order valence-electron chi connectivity index (χ0n) is 14.5. The summed E-state index contributed by atoms with van der Waals surface area (Å²) in [5, 5.41) is 12.8. The predicted molar refractivity (Wildman–Crippen MR) is 95.5 cm³/mol. The van der Waals surface area contributed by atoms with Gasteiger partial charge in [0.2, 0.25) is 0 Å². The van der Waals surface area contributed by atoms with Gasteiger partial charge in [-0.15, -0.1) is 0 Å². The van der Waals surface area contributed by atoms with Crippen LogP contribution in [0.25, 0.3) is 0 Å². The van der Waals surface area contributed by atoms with Gasteiger partial charge in [0.25, 0.3) is 0 Å². The summed E-state index contributed by atoms with van der Waals surface area (Å²) in [5.74, 6) is 0.536. The van der Waals surface area contributed by atoms with E-state index in [1.807, 2.05) is 32.9 Å². The van der Waals surface area contributed by atoms with Crippen LogP contribution in [0.2, 0.25) is 0 Å². The van der Waals surface area contributed by atoms with Crippen LogP contribution in [0.15, 0.2) is 22.7 Å². The molecule has 5 nitrogen and oxygen atoms in total. The van der Waals surface area contributed by atoms with E-state index >= 15 is 0 Å². The monoisotopic (exact) mass is 386 g/mol. The van der Waals surface area contributed by atoms with Gasteiger partial charge in [-0.05, 0) is 66.9 Å². The molecule has 0 aliphatic rings. The molecular formula is C17H27BrN2O3. The van der Waals surface area contributed by atoms with E-state index in [0.29, 0.717) is 23.5 Å². The number of hydrogen-bond donors (Lipinski definition) is 2. The molecule has 2 N–H and O–H groups in total. The lowest BCUT2D eigenvalue weighted by Gasteiger charge is -2.26. The van der Waals surface area contributed by atoms with Crippen molar-refractivity contribution in [2.75, 3.05) is 20.1 Å². The van der Waals surface area contributed by atoms with Gasteiger partial charge in [0.1, 0.15) is 11.4 Å². The highest BCUT2D eigenvalue weighted by Crippen LogP contribution is 2.24. The Morgan fingerprint density at radius 3 is 2.65 bits per heavy atom. The largest absolute Gasteiger partial charge is 0.507 e. The third-order valence-corrected chi connectivity index (χ3v) is 3.76. The van der Waals surface area contributed by atoms with Crippen molar-refractivity contribution in [3.63, 3.8) is 0 Å². The zero-order valence-corrected chi connectivity index (χ0v) is 16.1. The van der Waals surface area contributed by atoms with Crippen LogP contribution >= 0.6 is 15.9 Å². The van der Waals surface area contributed by atoms with E-state index in [9.17, 15) is 9.90 Å². The molecule has 0 radical (unpaired) electrons. The number of nitrogens with zero attached hydrogens (tertiary/aromatic N) is 1. The highest BCUT2D eigenvalue weighted by molar-refractivity contribution is 9.10. The van der Waals surface area contributed by atoms with E-state index in [1.54, 1.807) is 18.0 Å². The molecule has 0 aliphatic heterocycles. The molecule has 0 aliphatic carbocycles. The number of benzene rings is 1. The topological polar surface area (TPSA) is 61.8 Å². The average Bonchev–Trinajstić information content (AvgIpc) is 2.40. The van der Waals surface area contributed by atoms with Gasteiger partial charge in [-0.1, -0.05) is 13.0 Å². The Kier molecular flexibility index (Phi) is 7.35. The average molecular weight is 387 g/mol. The molecule has 1 aromatic carbocycles. The molecular weight excluding hydrogens is 360 g/mol. The van der Waals surface area contributed by atoms with Crippen molar-refractivity contribution >= 4 is 22.0 Å². The highest BCUT2D eigenvalue weighted by atomic mass is 79.9. The number of phenols is 1. The number of hydrogen-bond acceptors (Lipinski definition) is 4. The van der Waals surface area contributed by atoms with Crippen LogP contribution in [-0.4, -0.2) is 41.8 Å². The molecule has 0 fully saturated rings. The minimum Gasteiger partial charge on any atom is -0.507 e. The molecule has 1 amide bonds. The van der Waals surface area contributed by atoms with Gasteiger partial charge < -0.3 is 20.1 Å². The summed E-state index contributed by atoms with van der Waals surface area (Å²) in [6.45, 7) is 9.78. The number of rotatable bonds is 6. The molecule has 0 saturated carbocycles. The van der Waals surface area contributed by atoms with Gasteiger partial charge in [-0.25, -0.2) is 4.79 Å². The van der Waals surface area contributed by atoms with E-state index in [1.165, 1.54) is 0 Å². The Balaban J connectivity index is 2.34. The number of ether oxygens (including phenoxy) is 1. The fourth-order valence-corrected chi connectivity index (χ4v) is 2.50. The van der Waals surface area contributed by atoms with Gasteiger partial charge in [0.15, 0.2) is 0 Å². The lowest BCUT2D eigenvalue weighted by molar-refractivity contribution is 0.0277. The van der Waals surface area contributed by atoms with Crippen LogP contribution in [0, 0.1) is 5.92 Å². The van der Waals surface area contributed by atoms with Crippen molar-refractivity contribution in [3.8, 4) is 5.75 Å². The molecule has 130 valence electrons. The van der Waals surface area contributed by atoms with Crippen LogP contribution in [0.4, 0.5) is 4.79 Å². The van der Waals surface area contributed by atoms with Crippen LogP contribution in [0.5, 0.6) is 5.75 Å². The highest BCUT2D eigenvalue weighted by Gasteiger charge is 2.20. The lowest BCUT2D eigenvalue weighted by atomic mass is 10.1. The van der Waals surface area contributed by atoms with Crippen molar-refractivity contribution < 1.29 is 14.6 Å². The Morgan fingerprint density at radius 2 is 2.09 bits per heavy atom. The molecule has 0 bridgehead atoms. The maximum absolute atomic E-state index is 11.9. The molecule has 1 unspecified atom stereocenters. The van der Waals surface area contributed by atoms with E-state index < -0.39 is 5.60 Å². The van der Waals surface area contributed by atoms with E-state index in [0.717, 1.165) is 12.1 Å². The van der Waals surface area contributed by atoms with Crippen molar-refractivity contribution in [1.29, 1.82) is 0 Å². The first kappa shape index (κ1) is 19.8. The Hall–Kier alpha value is -1.27. The van der Waals surface area contributed by atoms with Crippen LogP contribution < -0.4 is 5.32 Å². The summed E-state index contributed by atoms with van der Waals surface area (Å²) in [7, 11) is 1.75. The summed E-state index contributed by atoms with van der Waals surface area (Å²) in [6, 6.07) is 5.44. The first-order chi connectivity index (χ1) is 10.6. The maximum atomic E-state index is 11.9. The Labute approximate surface area is 147 Å². The van der Waals surface area contributed by atoms with E-state index in [-0.39, 0.29) is 11.8 Å². The third-order valence-electron chi connectivity index (χ3n) is 3.12. The van der Waals surface area contributed by atoms with Crippen molar-refractivity contribution in [1.82, 2.24) is 10.2 Å². The number of carbonyl (C=O) groups excluding carboxylic acids is 1. The molecule has 0 spiro atoms. The van der Waals surface area contributed by atoms with Gasteiger partial charge >= 0.3 is 6.09 Å². The molecule has 0 heterocycles. The SMILES string of the molecule is CC(CNCc1ccc(O)c(Br)c1)CN(C)C(=O)OC(C)(C)C. The van der Waals surface area contributed by atoms with Crippen LogP contribution in [0.3, 0.4) is 0 Å². The summed E-state index contributed by atoms with van der Waals surface area (Å²) in [5.41, 5.74) is 0.612. The lowest BCUT2D eigenvalue weighted by Crippen LogP contribution is -2.38. The number of aromatic hydroxyl groups is 1. The van der Waals surface area contributed by atoms with Gasteiger partial charge in [0.05, 0.1) is 4.47 Å². The van der Waals surface area contributed by atoms with E-state index in [2.05, 4.69) is 28.2 Å². The third kappa shape index (κ3) is 7.70. The summed E-state index contributed by atoms with van der Waals surface area (Å²) in [6.07, 6.45) is -0.299. The van der Waals surface area contributed by atoms with Crippen LogP contribution in [0.1, 0.15) is 33.3 Å². The maximum Gasteiger partial charge on any atom is 0.410 e. The zero-order chi connectivity index (χ0) is 17.6. The molecule has 23 heavy (non-hydrogen) atoms. The predicted octanol–water partition coefficient (Wildman–Crippen LogP) is 3.75. The summed E-state index contributed by atoms with van der Waals surface area (Å²) >= 11 is 3.30. The molecule has 1 aromatic rings. The van der Waals surface area contributed by atoms with E-state index in [4.69, 9.17) is 4.74 Å². The van der Waals surface area contributed by atoms with Crippen molar-refractivity contribution in [3.05, 3.63) is 28.2 Å². The number of amides is 1. The van der Waals surface area contributed by atoms with Crippen molar-refractivity contribution in [2.24, 2.45) is 5.92 Å². The number of carbonyl (C=O) groups is 1. The fourth-order valence-electron chi connectivity index (χ4n) is 2.07. The second kappa shape index (κ2) is 8.55. The minimum atomic E-state index is -0.473. The Morgan fingerprint density at radius 1 is 1.43 bits per heavy atom. The van der Waals surface area contributed by atoms with Gasteiger partial charge in [-0.3, -0.25) is 0 Å². The second-order valence-corrected chi connectivity index (χ2v) is 7.74. The molecule has 0 aromatic heterocycles. The molecule has 0 saturated heterocycles. The molecule has 1 atom stereocenters. The smallest absolute Gasteiger partial charge is 0.410 e.